The number of β-lactam (4-membered cyclic amide) rings is 1. The van der Waals surface area contributed by atoms with Gasteiger partial charge in [-0.25, -0.2) is 4.79 Å². The minimum Gasteiger partial charge on any atom is -0.447 e. The lowest BCUT2D eigenvalue weighted by atomic mass is 9.79. The van der Waals surface area contributed by atoms with Crippen LogP contribution in [0.25, 0.3) is 0 Å². The number of fused-ring (bicyclic) bond motifs is 1. The lowest BCUT2D eigenvalue weighted by Gasteiger charge is -2.49. The van der Waals surface area contributed by atoms with Crippen LogP contribution in [0.4, 0.5) is 13.2 Å². The number of carbonyl (C=O) groups excluding carboxylic acids is 2. The molecule has 2 aliphatic heterocycles. The number of halogens is 3. The predicted molar refractivity (Wildman–Crippen MR) is 110 cm³/mol. The van der Waals surface area contributed by atoms with E-state index < -0.39 is 71.3 Å². The highest BCUT2D eigenvalue weighted by Crippen LogP contribution is 2.50. The summed E-state index contributed by atoms with van der Waals surface area (Å²) < 4.78 is 76.9. The molecule has 0 bridgehead atoms. The van der Waals surface area contributed by atoms with Crippen molar-refractivity contribution < 1.29 is 44.3 Å². The maximum Gasteiger partial charge on any atom is 0.534 e. The number of carbonyl (C=O) groups is 2. The molecule has 8 nitrogen and oxygen atoms in total. The number of hydrogen-bond acceptors (Lipinski definition) is 7. The van der Waals surface area contributed by atoms with Crippen LogP contribution in [0.5, 0.6) is 0 Å². The summed E-state index contributed by atoms with van der Waals surface area (Å²) >= 11 is 0. The fourth-order valence-electron chi connectivity index (χ4n) is 4.30. The topological polar surface area (TPSA) is 99.2 Å². The van der Waals surface area contributed by atoms with Crippen molar-refractivity contribution in [3.8, 4) is 0 Å². The number of nitrogens with zero attached hydrogens (tertiary/aromatic N) is 1. The highest BCUT2D eigenvalue weighted by atomic mass is 32.2. The van der Waals surface area contributed by atoms with Crippen molar-refractivity contribution in [2.45, 2.75) is 70.4 Å². The van der Waals surface area contributed by atoms with E-state index in [9.17, 15) is 31.2 Å². The SMILES string of the molecule is CC[Si](CC)(CC)OC(C)C1C(=O)N2C(C(=O)OP)=C(OS(=O)(=O)C(F)(F)F)C(C)C12. The van der Waals surface area contributed by atoms with Crippen LogP contribution in [0.3, 0.4) is 0 Å². The van der Waals surface area contributed by atoms with Crippen molar-refractivity contribution in [2.24, 2.45) is 11.8 Å². The predicted octanol–water partition coefficient (Wildman–Crippen LogP) is 3.28. The zero-order valence-electron chi connectivity index (χ0n) is 17.9. The summed E-state index contributed by atoms with van der Waals surface area (Å²) in [5, 5.41) is 0. The van der Waals surface area contributed by atoms with Gasteiger partial charge < -0.3 is 13.1 Å². The van der Waals surface area contributed by atoms with E-state index in [0.717, 1.165) is 23.0 Å². The molecule has 0 aliphatic carbocycles. The first kappa shape index (κ1) is 26.1. The van der Waals surface area contributed by atoms with Crippen LogP contribution in [0.1, 0.15) is 34.6 Å². The normalized spacial score (nSPS) is 25.3. The van der Waals surface area contributed by atoms with Crippen molar-refractivity contribution in [1.82, 2.24) is 4.90 Å². The Morgan fingerprint density at radius 3 is 2.16 bits per heavy atom. The number of hydrogen-bond donors (Lipinski definition) is 0. The van der Waals surface area contributed by atoms with Crippen LogP contribution in [-0.2, 0) is 32.8 Å². The Balaban J connectivity index is 2.40. The second kappa shape index (κ2) is 8.99. The van der Waals surface area contributed by atoms with Gasteiger partial charge in [0.25, 0.3) is 0 Å². The Kier molecular flexibility index (Phi) is 7.56. The molecule has 0 spiro atoms. The van der Waals surface area contributed by atoms with E-state index in [2.05, 4.69) is 8.71 Å². The molecule has 31 heavy (non-hydrogen) atoms. The summed E-state index contributed by atoms with van der Waals surface area (Å²) in [5.74, 6) is -4.25. The Morgan fingerprint density at radius 2 is 1.74 bits per heavy atom. The van der Waals surface area contributed by atoms with E-state index in [1.54, 1.807) is 16.4 Å². The van der Waals surface area contributed by atoms with Crippen molar-refractivity contribution in [1.29, 1.82) is 0 Å². The third-order valence-electron chi connectivity index (χ3n) is 6.25. The molecule has 1 amide bonds. The van der Waals surface area contributed by atoms with Crippen LogP contribution in [0.15, 0.2) is 11.5 Å². The maximum absolute atomic E-state index is 12.9. The summed E-state index contributed by atoms with van der Waals surface area (Å²) in [6, 6.07) is 1.71. The Labute approximate surface area is 183 Å². The van der Waals surface area contributed by atoms with Gasteiger partial charge in [-0.1, -0.05) is 27.7 Å². The highest BCUT2D eigenvalue weighted by Gasteiger charge is 2.63. The Morgan fingerprint density at radius 1 is 1.23 bits per heavy atom. The summed E-state index contributed by atoms with van der Waals surface area (Å²) in [6.45, 7) is 9.16. The van der Waals surface area contributed by atoms with Crippen molar-refractivity contribution in [3.05, 3.63) is 11.5 Å². The van der Waals surface area contributed by atoms with Crippen molar-refractivity contribution in [2.75, 3.05) is 0 Å². The maximum atomic E-state index is 12.9. The second-order valence-corrected chi connectivity index (χ2v) is 14.2. The van der Waals surface area contributed by atoms with E-state index in [-0.39, 0.29) is 0 Å². The van der Waals surface area contributed by atoms with E-state index in [1.165, 1.54) is 6.92 Å². The van der Waals surface area contributed by atoms with Gasteiger partial charge in [-0.05, 0) is 25.1 Å². The molecule has 0 N–H and O–H groups in total. The monoisotopic (exact) mass is 505 g/mol. The summed E-state index contributed by atoms with van der Waals surface area (Å²) in [4.78, 5) is 26.1. The summed E-state index contributed by atoms with van der Waals surface area (Å²) in [6.07, 6.45) is -0.561. The first-order valence-electron chi connectivity index (χ1n) is 9.88. The molecule has 2 rings (SSSR count). The van der Waals surface area contributed by atoms with Crippen LogP contribution in [-0.4, -0.2) is 51.2 Å². The molecule has 1 saturated heterocycles. The molecule has 0 aromatic heterocycles. The molecule has 5 atom stereocenters. The summed E-state index contributed by atoms with van der Waals surface area (Å²) in [5.41, 5.74) is -6.33. The number of rotatable bonds is 9. The third-order valence-corrected chi connectivity index (χ3v) is 12.2. The highest BCUT2D eigenvalue weighted by molar-refractivity contribution is 7.87. The summed E-state index contributed by atoms with van der Waals surface area (Å²) in [7, 11) is -6.52. The van der Waals surface area contributed by atoms with E-state index in [1.807, 2.05) is 20.8 Å². The molecule has 14 heteroatoms. The van der Waals surface area contributed by atoms with Gasteiger partial charge in [-0.2, -0.15) is 21.6 Å². The first-order chi connectivity index (χ1) is 14.2. The average Bonchev–Trinajstić information content (AvgIpc) is 2.93. The largest absolute Gasteiger partial charge is 0.534 e. The minimum absolute atomic E-state index is 0.552. The molecule has 2 aliphatic rings. The van der Waals surface area contributed by atoms with Crippen LogP contribution in [0.2, 0.25) is 18.1 Å². The Hall–Kier alpha value is -1.17. The van der Waals surface area contributed by atoms with Crippen molar-refractivity contribution >= 4 is 39.8 Å². The third kappa shape index (κ3) is 4.38. The molecule has 0 saturated carbocycles. The van der Waals surface area contributed by atoms with Gasteiger partial charge in [-0.15, -0.1) is 0 Å². The second-order valence-electron chi connectivity index (χ2n) is 7.68. The minimum atomic E-state index is -6.04. The molecule has 1 fully saturated rings. The van der Waals surface area contributed by atoms with Crippen LogP contribution >= 0.6 is 9.47 Å². The first-order valence-corrected chi connectivity index (χ1v) is 14.3. The van der Waals surface area contributed by atoms with Gasteiger partial charge in [0, 0.05) is 5.92 Å². The van der Waals surface area contributed by atoms with Gasteiger partial charge in [0.15, 0.2) is 19.8 Å². The number of amides is 1. The lowest BCUT2D eigenvalue weighted by Crippen LogP contribution is -2.65. The molecule has 2 heterocycles. The van der Waals surface area contributed by atoms with Crippen LogP contribution in [0, 0.1) is 11.8 Å². The molecule has 5 unspecified atom stereocenters. The standard InChI is InChI=1S/C17H27F3NO7PSSi/c1-6-31(7-2,8-3)28-10(5)11-12-9(4)14(27-30(24,25)17(18,19)20)13(16(23)26-29)21(12)15(11)22/h9-12H,6-8,29H2,1-5H3. The molecular formula is C17H27F3NO7PSSi. The van der Waals surface area contributed by atoms with Gasteiger partial charge in [0.1, 0.15) is 0 Å². The fraction of sp³-hybridized carbons (Fsp3) is 0.765. The van der Waals surface area contributed by atoms with Crippen molar-refractivity contribution in [3.63, 3.8) is 0 Å². The molecule has 0 aromatic rings. The quantitative estimate of drug-likeness (QED) is 0.156. The van der Waals surface area contributed by atoms with E-state index in [4.69, 9.17) is 4.43 Å². The lowest BCUT2D eigenvalue weighted by molar-refractivity contribution is -0.161. The van der Waals surface area contributed by atoms with E-state index >= 15 is 0 Å². The average molecular weight is 506 g/mol. The fourth-order valence-corrected chi connectivity index (χ4v) is 7.91. The Bertz CT molecular complexity index is 867. The van der Waals surface area contributed by atoms with Gasteiger partial charge in [0.05, 0.1) is 27.5 Å². The zero-order chi connectivity index (χ0) is 23.9. The van der Waals surface area contributed by atoms with Gasteiger partial charge in [0.2, 0.25) is 5.91 Å². The van der Waals surface area contributed by atoms with E-state index in [0.29, 0.717) is 0 Å². The van der Waals surface area contributed by atoms with Gasteiger partial charge >= 0.3 is 21.6 Å². The van der Waals surface area contributed by atoms with Gasteiger partial charge in [-0.3, -0.25) is 9.69 Å². The molecule has 0 radical (unpaired) electrons. The molecule has 178 valence electrons. The smallest absolute Gasteiger partial charge is 0.447 e. The number of alkyl halides is 3. The zero-order valence-corrected chi connectivity index (χ0v) is 20.8. The molecule has 0 aromatic carbocycles. The van der Waals surface area contributed by atoms with Crippen LogP contribution < -0.4 is 0 Å². The molecular weight excluding hydrogens is 478 g/mol.